The molecule has 2 rings (SSSR count). The van der Waals surface area contributed by atoms with Crippen molar-refractivity contribution in [2.75, 3.05) is 0 Å². The van der Waals surface area contributed by atoms with Gasteiger partial charge in [0.1, 0.15) is 17.9 Å². The minimum absolute atomic E-state index is 0.0522. The lowest BCUT2D eigenvalue weighted by Gasteiger charge is -2.12. The summed E-state index contributed by atoms with van der Waals surface area (Å²) in [7, 11) is 0. The molecule has 2 aromatic rings. The van der Waals surface area contributed by atoms with Gasteiger partial charge in [-0.15, -0.1) is 12.3 Å². The van der Waals surface area contributed by atoms with Gasteiger partial charge in [0.25, 0.3) is 0 Å². The zero-order valence-corrected chi connectivity index (χ0v) is 13.2. The Kier molecular flexibility index (Phi) is 7.43. The zero-order valence-electron chi connectivity index (χ0n) is 12.4. The minimum atomic E-state index is -1.38. The molecular weight excluding hydrogens is 320 g/mol. The van der Waals surface area contributed by atoms with Crippen LogP contribution in [0.1, 0.15) is 18.1 Å². The lowest BCUT2D eigenvalue weighted by Crippen LogP contribution is -2.21. The molecule has 2 nitrogen and oxygen atoms in total. The van der Waals surface area contributed by atoms with E-state index in [1.807, 2.05) is 0 Å². The SMILES string of the molecule is C#CC.NC(O)/C(=C/c1ccc(Cl)cc1)c1ccc(F)cc1F. The fraction of sp³-hybridized carbons (Fsp3) is 0.111. The van der Waals surface area contributed by atoms with Crippen LogP contribution in [-0.4, -0.2) is 11.3 Å². The van der Waals surface area contributed by atoms with Crippen LogP contribution in [0.3, 0.4) is 0 Å². The van der Waals surface area contributed by atoms with E-state index in [4.69, 9.17) is 17.3 Å². The van der Waals surface area contributed by atoms with Crippen molar-refractivity contribution in [3.05, 3.63) is 70.2 Å². The summed E-state index contributed by atoms with van der Waals surface area (Å²) in [6, 6.07) is 9.81. The van der Waals surface area contributed by atoms with Crippen molar-refractivity contribution in [3.8, 4) is 12.3 Å². The summed E-state index contributed by atoms with van der Waals surface area (Å²) in [4.78, 5) is 0. The highest BCUT2D eigenvalue weighted by molar-refractivity contribution is 6.30. The van der Waals surface area contributed by atoms with E-state index in [-0.39, 0.29) is 11.1 Å². The van der Waals surface area contributed by atoms with E-state index >= 15 is 0 Å². The largest absolute Gasteiger partial charge is 0.375 e. The first-order valence-electron chi connectivity index (χ1n) is 6.62. The van der Waals surface area contributed by atoms with Crippen molar-refractivity contribution >= 4 is 23.3 Å². The third-order valence-electron chi connectivity index (χ3n) is 2.75. The Bertz CT molecular complexity index is 719. The highest BCUT2D eigenvalue weighted by atomic mass is 35.5. The molecule has 0 amide bonds. The van der Waals surface area contributed by atoms with Crippen molar-refractivity contribution in [3.63, 3.8) is 0 Å². The quantitative estimate of drug-likeness (QED) is 0.504. The molecule has 0 aromatic heterocycles. The van der Waals surface area contributed by atoms with Gasteiger partial charge in [-0.25, -0.2) is 8.78 Å². The van der Waals surface area contributed by atoms with Crippen molar-refractivity contribution in [2.45, 2.75) is 13.2 Å². The van der Waals surface area contributed by atoms with E-state index in [1.54, 1.807) is 31.2 Å². The summed E-state index contributed by atoms with van der Waals surface area (Å²) < 4.78 is 26.7. The normalized spacial score (nSPS) is 12.0. The minimum Gasteiger partial charge on any atom is -0.375 e. The monoisotopic (exact) mass is 335 g/mol. The van der Waals surface area contributed by atoms with Gasteiger partial charge in [0.2, 0.25) is 0 Å². The summed E-state index contributed by atoms with van der Waals surface area (Å²) in [5.41, 5.74) is 6.36. The van der Waals surface area contributed by atoms with Crippen molar-refractivity contribution < 1.29 is 13.9 Å². The van der Waals surface area contributed by atoms with Crippen LogP contribution in [0.4, 0.5) is 8.78 Å². The second kappa shape index (κ2) is 9.06. The standard InChI is InChI=1S/C15H12ClF2NO.C3H4/c16-10-3-1-9(2-4-10)7-13(15(19)20)12-6-5-11(17)8-14(12)18;1-3-2/h1-8,15,20H,19H2;1H,2H3/b13-7+;. The number of benzene rings is 2. The molecule has 0 spiro atoms. The summed E-state index contributed by atoms with van der Waals surface area (Å²) in [5, 5.41) is 10.2. The van der Waals surface area contributed by atoms with Crippen molar-refractivity contribution in [1.29, 1.82) is 0 Å². The van der Waals surface area contributed by atoms with Crippen LogP contribution < -0.4 is 5.73 Å². The van der Waals surface area contributed by atoms with E-state index in [9.17, 15) is 13.9 Å². The van der Waals surface area contributed by atoms with Crippen LogP contribution in [0.5, 0.6) is 0 Å². The Labute approximate surface area is 139 Å². The molecule has 0 radical (unpaired) electrons. The second-order valence-electron chi connectivity index (χ2n) is 4.51. The first-order valence-corrected chi connectivity index (χ1v) is 7.00. The molecule has 1 unspecified atom stereocenters. The molecule has 0 saturated carbocycles. The van der Waals surface area contributed by atoms with E-state index in [2.05, 4.69) is 12.3 Å². The smallest absolute Gasteiger partial charge is 0.133 e. The Morgan fingerprint density at radius 2 is 1.83 bits per heavy atom. The van der Waals surface area contributed by atoms with E-state index in [0.717, 1.165) is 12.1 Å². The van der Waals surface area contributed by atoms with Gasteiger partial charge in [-0.3, -0.25) is 0 Å². The number of aliphatic hydroxyl groups excluding tert-OH is 1. The second-order valence-corrected chi connectivity index (χ2v) is 4.95. The average Bonchev–Trinajstić information content (AvgIpc) is 2.48. The maximum atomic E-state index is 13.8. The third kappa shape index (κ3) is 5.84. The maximum absolute atomic E-state index is 13.8. The summed E-state index contributed by atoms with van der Waals surface area (Å²) in [5.74, 6) is 0.776. The summed E-state index contributed by atoms with van der Waals surface area (Å²) in [6.45, 7) is 1.65. The summed E-state index contributed by atoms with van der Waals surface area (Å²) in [6.07, 6.45) is 4.74. The molecule has 120 valence electrons. The van der Waals surface area contributed by atoms with Crippen molar-refractivity contribution in [1.82, 2.24) is 0 Å². The molecule has 0 aliphatic carbocycles. The molecule has 5 heteroatoms. The number of aliphatic hydroxyl groups is 1. The molecule has 23 heavy (non-hydrogen) atoms. The first-order chi connectivity index (χ1) is 10.9. The average molecular weight is 336 g/mol. The molecule has 0 heterocycles. The summed E-state index contributed by atoms with van der Waals surface area (Å²) >= 11 is 5.77. The van der Waals surface area contributed by atoms with Crippen LogP contribution in [0.25, 0.3) is 11.6 Å². The molecule has 0 saturated heterocycles. The molecular formula is C18H16ClF2NO. The highest BCUT2D eigenvalue weighted by Crippen LogP contribution is 2.24. The lowest BCUT2D eigenvalue weighted by atomic mass is 10.0. The van der Waals surface area contributed by atoms with Gasteiger partial charge < -0.3 is 10.8 Å². The number of terminal acetylenes is 1. The molecule has 0 aliphatic rings. The van der Waals surface area contributed by atoms with Gasteiger partial charge in [-0.05, 0) is 42.8 Å². The molecule has 0 aliphatic heterocycles. The topological polar surface area (TPSA) is 46.2 Å². The highest BCUT2D eigenvalue weighted by Gasteiger charge is 2.14. The van der Waals surface area contributed by atoms with Gasteiger partial charge in [0.15, 0.2) is 0 Å². The Hall–Kier alpha value is -2.19. The Morgan fingerprint density at radius 3 is 2.30 bits per heavy atom. The van der Waals surface area contributed by atoms with Crippen LogP contribution in [-0.2, 0) is 0 Å². The fourth-order valence-electron chi connectivity index (χ4n) is 1.78. The van der Waals surface area contributed by atoms with Gasteiger partial charge >= 0.3 is 0 Å². The number of rotatable bonds is 3. The zero-order chi connectivity index (χ0) is 17.4. The molecule has 3 N–H and O–H groups in total. The lowest BCUT2D eigenvalue weighted by molar-refractivity contribution is 0.241. The van der Waals surface area contributed by atoms with Gasteiger partial charge in [-0.1, -0.05) is 23.7 Å². The Balaban J connectivity index is 0.000000816. The molecule has 2 aromatic carbocycles. The van der Waals surface area contributed by atoms with E-state index in [1.165, 1.54) is 12.1 Å². The fourth-order valence-corrected chi connectivity index (χ4v) is 1.91. The number of halogens is 3. The van der Waals surface area contributed by atoms with E-state index < -0.39 is 17.9 Å². The number of hydrogen-bond donors (Lipinski definition) is 2. The molecule has 0 fully saturated rings. The Morgan fingerprint density at radius 1 is 1.26 bits per heavy atom. The van der Waals surface area contributed by atoms with Crippen LogP contribution in [0.2, 0.25) is 5.02 Å². The number of nitrogens with two attached hydrogens (primary N) is 1. The maximum Gasteiger partial charge on any atom is 0.133 e. The molecule has 0 bridgehead atoms. The van der Waals surface area contributed by atoms with Gasteiger partial charge in [0, 0.05) is 22.2 Å². The first kappa shape index (κ1) is 18.9. The van der Waals surface area contributed by atoms with E-state index in [0.29, 0.717) is 10.6 Å². The molecule has 1 atom stereocenters. The predicted molar refractivity (Wildman–Crippen MR) is 90.4 cm³/mol. The predicted octanol–water partition coefficient (Wildman–Crippen LogP) is 4.08. The third-order valence-corrected chi connectivity index (χ3v) is 3.00. The van der Waals surface area contributed by atoms with Gasteiger partial charge in [0.05, 0.1) is 0 Å². The van der Waals surface area contributed by atoms with Crippen LogP contribution in [0, 0.1) is 24.0 Å². The van der Waals surface area contributed by atoms with Crippen molar-refractivity contribution in [2.24, 2.45) is 5.73 Å². The van der Waals surface area contributed by atoms with Crippen LogP contribution >= 0.6 is 11.6 Å². The van der Waals surface area contributed by atoms with Crippen LogP contribution in [0.15, 0.2) is 42.5 Å². The number of hydrogen-bond acceptors (Lipinski definition) is 2. The van der Waals surface area contributed by atoms with Gasteiger partial charge in [-0.2, -0.15) is 0 Å².